The Morgan fingerprint density at radius 1 is 1.11 bits per heavy atom. The minimum Gasteiger partial charge on any atom is -0.508 e. The molecule has 0 aliphatic heterocycles. The van der Waals surface area contributed by atoms with Crippen molar-refractivity contribution < 1.29 is 14.6 Å². The van der Waals surface area contributed by atoms with Crippen LogP contribution in [0.4, 0.5) is 4.39 Å². The van der Waals surface area contributed by atoms with Gasteiger partial charge in [-0.25, -0.2) is 4.39 Å². The fourth-order valence-corrected chi connectivity index (χ4v) is 1.92. The van der Waals surface area contributed by atoms with Crippen LogP contribution in [0.25, 0.3) is 0 Å². The molecule has 0 spiro atoms. The number of rotatable bonds is 4. The summed E-state index contributed by atoms with van der Waals surface area (Å²) in [7, 11) is 0. The minimum atomic E-state index is -0.457. The van der Waals surface area contributed by atoms with Gasteiger partial charge in [-0.15, -0.1) is 0 Å². The van der Waals surface area contributed by atoms with Crippen LogP contribution in [-0.2, 0) is 6.54 Å². The molecule has 0 aliphatic carbocycles. The van der Waals surface area contributed by atoms with E-state index < -0.39 is 5.82 Å². The molecule has 0 aliphatic rings. The topological polar surface area (TPSA) is 52.5 Å². The average Bonchev–Trinajstić information content (AvgIpc) is 2.35. The summed E-state index contributed by atoms with van der Waals surface area (Å²) in [6, 6.07) is 11.0. The molecule has 100 valence electrons. The minimum absolute atomic E-state index is 0.0116. The second kappa shape index (κ2) is 5.71. The smallest absolute Gasteiger partial charge is 0.127 e. The molecule has 19 heavy (non-hydrogen) atoms. The number of aromatic hydroxyl groups is 2. The van der Waals surface area contributed by atoms with Crippen LogP contribution in [0.2, 0.25) is 0 Å². The number of phenols is 2. The van der Waals surface area contributed by atoms with E-state index in [1.165, 1.54) is 12.1 Å². The highest BCUT2D eigenvalue weighted by Gasteiger charge is 2.06. The molecule has 0 saturated heterocycles. The molecule has 1 unspecified atom stereocenters. The molecule has 3 N–H and O–H groups in total. The van der Waals surface area contributed by atoms with E-state index in [9.17, 15) is 14.6 Å². The van der Waals surface area contributed by atoms with Crippen LogP contribution in [-0.4, -0.2) is 10.2 Å². The summed E-state index contributed by atoms with van der Waals surface area (Å²) in [4.78, 5) is 0. The Bertz CT molecular complexity index is 552. The predicted octanol–water partition coefficient (Wildman–Crippen LogP) is 3.09. The summed E-state index contributed by atoms with van der Waals surface area (Å²) >= 11 is 0. The third kappa shape index (κ3) is 3.69. The Labute approximate surface area is 111 Å². The Balaban J connectivity index is 2.02. The molecule has 0 heterocycles. The summed E-state index contributed by atoms with van der Waals surface area (Å²) in [5.74, 6) is -0.321. The van der Waals surface area contributed by atoms with E-state index >= 15 is 0 Å². The fourth-order valence-electron chi connectivity index (χ4n) is 1.92. The van der Waals surface area contributed by atoms with Crippen LogP contribution in [0.15, 0.2) is 42.5 Å². The zero-order chi connectivity index (χ0) is 13.8. The molecule has 2 aromatic rings. The second-order valence-corrected chi connectivity index (χ2v) is 4.52. The number of phenolic OH excluding ortho intramolecular Hbond substituents is 2. The van der Waals surface area contributed by atoms with E-state index in [0.29, 0.717) is 12.1 Å². The molecular formula is C15H16FNO2. The van der Waals surface area contributed by atoms with Crippen LogP contribution >= 0.6 is 0 Å². The maximum absolute atomic E-state index is 13.1. The normalized spacial score (nSPS) is 12.3. The average molecular weight is 261 g/mol. The van der Waals surface area contributed by atoms with Crippen LogP contribution in [0.1, 0.15) is 24.1 Å². The number of hydrogen-bond donors (Lipinski definition) is 3. The lowest BCUT2D eigenvalue weighted by Gasteiger charge is -2.14. The standard InChI is InChI=1S/C15H16FNO2/c1-10(12-3-2-4-14(18)7-12)17-9-11-5-13(16)8-15(19)6-11/h2-8,10,17-19H,9H2,1H3. The lowest BCUT2D eigenvalue weighted by atomic mass is 10.1. The first-order valence-electron chi connectivity index (χ1n) is 6.05. The third-order valence-electron chi connectivity index (χ3n) is 2.92. The summed E-state index contributed by atoms with van der Waals surface area (Å²) < 4.78 is 13.1. The summed E-state index contributed by atoms with van der Waals surface area (Å²) in [5, 5.41) is 21.9. The Kier molecular flexibility index (Phi) is 4.02. The van der Waals surface area contributed by atoms with Crippen molar-refractivity contribution >= 4 is 0 Å². The van der Waals surface area contributed by atoms with E-state index in [0.717, 1.165) is 11.6 Å². The van der Waals surface area contributed by atoms with Gasteiger partial charge < -0.3 is 15.5 Å². The lowest BCUT2D eigenvalue weighted by molar-refractivity contribution is 0.466. The van der Waals surface area contributed by atoms with Gasteiger partial charge >= 0.3 is 0 Å². The van der Waals surface area contributed by atoms with E-state index in [1.807, 2.05) is 13.0 Å². The van der Waals surface area contributed by atoms with E-state index in [4.69, 9.17) is 0 Å². The van der Waals surface area contributed by atoms with Crippen molar-refractivity contribution in [2.75, 3.05) is 0 Å². The highest BCUT2D eigenvalue weighted by Crippen LogP contribution is 2.19. The largest absolute Gasteiger partial charge is 0.508 e. The zero-order valence-electron chi connectivity index (χ0n) is 10.6. The van der Waals surface area contributed by atoms with Gasteiger partial charge in [0.25, 0.3) is 0 Å². The Morgan fingerprint density at radius 3 is 2.58 bits per heavy atom. The first-order valence-corrected chi connectivity index (χ1v) is 6.05. The maximum atomic E-state index is 13.1. The fraction of sp³-hybridized carbons (Fsp3) is 0.200. The monoisotopic (exact) mass is 261 g/mol. The molecule has 0 fully saturated rings. The van der Waals surface area contributed by atoms with Gasteiger partial charge in [-0.05, 0) is 42.3 Å². The lowest BCUT2D eigenvalue weighted by Crippen LogP contribution is -2.18. The summed E-state index contributed by atoms with van der Waals surface area (Å²) in [6.45, 7) is 2.38. The summed E-state index contributed by atoms with van der Waals surface area (Å²) in [5.41, 5.74) is 1.62. The number of hydrogen-bond acceptors (Lipinski definition) is 3. The van der Waals surface area contributed by atoms with Gasteiger partial charge in [-0.3, -0.25) is 0 Å². The molecule has 0 bridgehead atoms. The van der Waals surface area contributed by atoms with Crippen molar-refractivity contribution in [3.63, 3.8) is 0 Å². The van der Waals surface area contributed by atoms with Gasteiger partial charge in [0.2, 0.25) is 0 Å². The number of halogens is 1. The molecule has 2 aromatic carbocycles. The van der Waals surface area contributed by atoms with Crippen molar-refractivity contribution in [1.82, 2.24) is 5.32 Å². The Hall–Kier alpha value is -2.07. The predicted molar refractivity (Wildman–Crippen MR) is 71.4 cm³/mol. The first-order chi connectivity index (χ1) is 9.04. The maximum Gasteiger partial charge on any atom is 0.127 e. The highest BCUT2D eigenvalue weighted by molar-refractivity contribution is 5.30. The van der Waals surface area contributed by atoms with E-state index in [-0.39, 0.29) is 17.5 Å². The molecule has 4 heteroatoms. The van der Waals surface area contributed by atoms with Gasteiger partial charge in [0.15, 0.2) is 0 Å². The van der Waals surface area contributed by atoms with Gasteiger partial charge in [0, 0.05) is 18.7 Å². The van der Waals surface area contributed by atoms with Crippen LogP contribution in [0, 0.1) is 5.82 Å². The highest BCUT2D eigenvalue weighted by atomic mass is 19.1. The second-order valence-electron chi connectivity index (χ2n) is 4.52. The molecule has 0 saturated carbocycles. The van der Waals surface area contributed by atoms with E-state index in [2.05, 4.69) is 5.32 Å². The van der Waals surface area contributed by atoms with Crippen LogP contribution < -0.4 is 5.32 Å². The van der Waals surface area contributed by atoms with Gasteiger partial charge in [0.05, 0.1) is 0 Å². The molecular weight excluding hydrogens is 245 g/mol. The van der Waals surface area contributed by atoms with E-state index in [1.54, 1.807) is 18.2 Å². The van der Waals surface area contributed by atoms with Gasteiger partial charge in [0.1, 0.15) is 17.3 Å². The van der Waals surface area contributed by atoms with Crippen LogP contribution in [0.5, 0.6) is 11.5 Å². The molecule has 0 amide bonds. The molecule has 1 atom stereocenters. The van der Waals surface area contributed by atoms with Crippen LogP contribution in [0.3, 0.4) is 0 Å². The SMILES string of the molecule is CC(NCc1cc(O)cc(F)c1)c1cccc(O)c1. The number of benzene rings is 2. The molecule has 2 rings (SSSR count). The molecule has 0 radical (unpaired) electrons. The van der Waals surface area contributed by atoms with Gasteiger partial charge in [-0.2, -0.15) is 0 Å². The third-order valence-corrected chi connectivity index (χ3v) is 2.92. The van der Waals surface area contributed by atoms with Crippen molar-refractivity contribution in [1.29, 1.82) is 0 Å². The number of nitrogens with one attached hydrogen (secondary N) is 1. The Morgan fingerprint density at radius 2 is 1.89 bits per heavy atom. The summed E-state index contributed by atoms with van der Waals surface area (Å²) in [6.07, 6.45) is 0. The van der Waals surface area contributed by atoms with Crippen molar-refractivity contribution in [3.05, 3.63) is 59.4 Å². The van der Waals surface area contributed by atoms with Crippen molar-refractivity contribution in [3.8, 4) is 11.5 Å². The quantitative estimate of drug-likeness (QED) is 0.792. The van der Waals surface area contributed by atoms with Crippen molar-refractivity contribution in [2.24, 2.45) is 0 Å². The van der Waals surface area contributed by atoms with Gasteiger partial charge in [-0.1, -0.05) is 12.1 Å². The molecule has 0 aromatic heterocycles. The van der Waals surface area contributed by atoms with Crippen molar-refractivity contribution in [2.45, 2.75) is 19.5 Å². The zero-order valence-corrected chi connectivity index (χ0v) is 10.6. The first kappa shape index (κ1) is 13.4. The molecule has 3 nitrogen and oxygen atoms in total.